The number of amides is 2. The minimum atomic E-state index is -0.658. The number of ether oxygens (including phenoxy) is 1. The summed E-state index contributed by atoms with van der Waals surface area (Å²) in [5.74, 6) is -0.00662. The van der Waals surface area contributed by atoms with E-state index in [2.05, 4.69) is 10.4 Å². The zero-order chi connectivity index (χ0) is 19.1. The van der Waals surface area contributed by atoms with E-state index in [9.17, 15) is 9.59 Å². The summed E-state index contributed by atoms with van der Waals surface area (Å²) in [6.45, 7) is 0.952. The van der Waals surface area contributed by atoms with Crippen LogP contribution in [0.2, 0.25) is 0 Å². The van der Waals surface area contributed by atoms with Crippen molar-refractivity contribution in [2.75, 3.05) is 18.2 Å². The molecule has 3 N–H and O–H groups in total. The van der Waals surface area contributed by atoms with Crippen molar-refractivity contribution in [3.8, 4) is 5.75 Å². The molecular weight excluding hydrogens is 344 g/mol. The Hall–Kier alpha value is -3.35. The first kappa shape index (κ1) is 18.4. The van der Waals surface area contributed by atoms with E-state index in [-0.39, 0.29) is 12.3 Å². The van der Waals surface area contributed by atoms with Crippen molar-refractivity contribution >= 4 is 23.2 Å². The van der Waals surface area contributed by atoms with Gasteiger partial charge in [0.15, 0.2) is 0 Å². The van der Waals surface area contributed by atoms with Crippen LogP contribution in [-0.4, -0.2) is 36.7 Å². The number of hydrogen-bond donors (Lipinski definition) is 2. The first-order valence-electron chi connectivity index (χ1n) is 8.82. The van der Waals surface area contributed by atoms with Crippen LogP contribution in [0.25, 0.3) is 0 Å². The zero-order valence-electron chi connectivity index (χ0n) is 14.9. The number of carbonyl (C=O) groups excluding carboxylic acids is 2. The molecule has 7 nitrogen and oxygen atoms in total. The van der Waals surface area contributed by atoms with Gasteiger partial charge in [0.05, 0.1) is 12.3 Å². The third kappa shape index (κ3) is 4.84. The molecule has 2 aromatic rings. The second-order valence-electron chi connectivity index (χ2n) is 6.12. The van der Waals surface area contributed by atoms with E-state index in [4.69, 9.17) is 10.5 Å². The Bertz CT molecular complexity index is 808. The Balaban J connectivity index is 1.51. The molecule has 0 aliphatic carbocycles. The van der Waals surface area contributed by atoms with E-state index in [0.717, 1.165) is 11.4 Å². The van der Waals surface area contributed by atoms with Crippen LogP contribution in [0.1, 0.15) is 12.8 Å². The first-order valence-corrected chi connectivity index (χ1v) is 8.82. The van der Waals surface area contributed by atoms with Gasteiger partial charge in [-0.2, -0.15) is 5.10 Å². The monoisotopic (exact) mass is 366 g/mol. The van der Waals surface area contributed by atoms with E-state index in [0.29, 0.717) is 25.3 Å². The Morgan fingerprint density at radius 3 is 2.44 bits per heavy atom. The molecule has 0 spiro atoms. The molecule has 0 saturated heterocycles. The maximum absolute atomic E-state index is 12.4. The normalized spacial score (nSPS) is 15.9. The number of carbonyl (C=O) groups is 2. The molecule has 0 aromatic heterocycles. The summed E-state index contributed by atoms with van der Waals surface area (Å²) in [5.41, 5.74) is 6.50. The summed E-state index contributed by atoms with van der Waals surface area (Å²) in [6, 6.07) is 18.0. The predicted octanol–water partition coefficient (Wildman–Crippen LogP) is 1.69. The maximum atomic E-state index is 12.4. The standard InChI is InChI=1S/C20H22N4O3/c21-19(25)18-14-17(23-24(18)15-8-3-1-4-9-15)20(26)22-12-7-13-27-16-10-5-2-6-11-16/h1-6,8-11,18H,7,12-14H2,(H2,21,25)(H,22,26). The lowest BCUT2D eigenvalue weighted by atomic mass is 10.1. The highest BCUT2D eigenvalue weighted by Crippen LogP contribution is 2.24. The fraction of sp³-hybridized carbons (Fsp3) is 0.250. The van der Waals surface area contributed by atoms with Crippen molar-refractivity contribution in [1.82, 2.24) is 5.32 Å². The van der Waals surface area contributed by atoms with Crippen molar-refractivity contribution in [3.05, 3.63) is 60.7 Å². The molecule has 1 aliphatic rings. The van der Waals surface area contributed by atoms with Gasteiger partial charge >= 0.3 is 0 Å². The molecule has 0 bridgehead atoms. The second-order valence-corrected chi connectivity index (χ2v) is 6.12. The van der Waals surface area contributed by atoms with Crippen molar-refractivity contribution < 1.29 is 14.3 Å². The van der Waals surface area contributed by atoms with E-state index >= 15 is 0 Å². The number of para-hydroxylation sites is 2. The third-order valence-corrected chi connectivity index (χ3v) is 4.14. The molecule has 3 rings (SSSR count). The minimum Gasteiger partial charge on any atom is -0.494 e. The maximum Gasteiger partial charge on any atom is 0.267 e. The lowest BCUT2D eigenvalue weighted by Crippen LogP contribution is -2.40. The van der Waals surface area contributed by atoms with Crippen LogP contribution in [-0.2, 0) is 9.59 Å². The predicted molar refractivity (Wildman–Crippen MR) is 104 cm³/mol. The number of hydrazone groups is 1. The van der Waals surface area contributed by atoms with Gasteiger partial charge in [0, 0.05) is 13.0 Å². The SMILES string of the molecule is NC(=O)C1CC(C(=O)NCCCOc2ccccc2)=NN1c1ccccc1. The quantitative estimate of drug-likeness (QED) is 0.695. The van der Waals surface area contributed by atoms with Gasteiger partial charge in [-0.15, -0.1) is 0 Å². The van der Waals surface area contributed by atoms with Gasteiger partial charge in [-0.25, -0.2) is 0 Å². The van der Waals surface area contributed by atoms with Crippen LogP contribution in [0.15, 0.2) is 65.8 Å². The third-order valence-electron chi connectivity index (χ3n) is 4.14. The van der Waals surface area contributed by atoms with Crippen LogP contribution < -0.4 is 20.8 Å². The molecule has 0 saturated carbocycles. The molecule has 0 fully saturated rings. The van der Waals surface area contributed by atoms with Crippen LogP contribution in [0.5, 0.6) is 5.75 Å². The highest BCUT2D eigenvalue weighted by Gasteiger charge is 2.34. The summed E-state index contributed by atoms with van der Waals surface area (Å²) in [5, 5.41) is 8.64. The lowest BCUT2D eigenvalue weighted by molar-refractivity contribution is -0.119. The van der Waals surface area contributed by atoms with Crippen LogP contribution in [0.4, 0.5) is 5.69 Å². The summed E-state index contributed by atoms with van der Waals surface area (Å²) in [4.78, 5) is 24.1. The largest absolute Gasteiger partial charge is 0.494 e. The lowest BCUT2D eigenvalue weighted by Gasteiger charge is -2.20. The van der Waals surface area contributed by atoms with Gasteiger partial charge in [-0.1, -0.05) is 36.4 Å². The van der Waals surface area contributed by atoms with Gasteiger partial charge < -0.3 is 15.8 Å². The smallest absolute Gasteiger partial charge is 0.267 e. The average molecular weight is 366 g/mol. The van der Waals surface area contributed by atoms with Gasteiger partial charge in [-0.05, 0) is 30.7 Å². The van der Waals surface area contributed by atoms with Gasteiger partial charge in [0.2, 0.25) is 5.91 Å². The number of anilines is 1. The molecule has 7 heteroatoms. The van der Waals surface area contributed by atoms with Gasteiger partial charge in [-0.3, -0.25) is 14.6 Å². The van der Waals surface area contributed by atoms with E-state index < -0.39 is 11.9 Å². The Kier molecular flexibility index (Phi) is 6.04. The van der Waals surface area contributed by atoms with Crippen LogP contribution >= 0.6 is 0 Å². The molecule has 0 radical (unpaired) electrons. The molecule has 140 valence electrons. The Morgan fingerprint density at radius 2 is 1.78 bits per heavy atom. The van der Waals surface area contributed by atoms with Crippen molar-refractivity contribution in [2.24, 2.45) is 10.8 Å². The molecule has 27 heavy (non-hydrogen) atoms. The van der Waals surface area contributed by atoms with E-state index in [1.54, 1.807) is 0 Å². The number of nitrogens with two attached hydrogens (primary N) is 1. The van der Waals surface area contributed by atoms with Crippen molar-refractivity contribution in [3.63, 3.8) is 0 Å². The fourth-order valence-corrected chi connectivity index (χ4v) is 2.77. The minimum absolute atomic E-state index is 0.191. The summed E-state index contributed by atoms with van der Waals surface area (Å²) < 4.78 is 5.59. The Labute approximate surface area is 157 Å². The number of nitrogens with one attached hydrogen (secondary N) is 1. The van der Waals surface area contributed by atoms with Crippen LogP contribution in [0, 0.1) is 0 Å². The van der Waals surface area contributed by atoms with Crippen molar-refractivity contribution in [2.45, 2.75) is 18.9 Å². The van der Waals surface area contributed by atoms with Gasteiger partial charge in [0.1, 0.15) is 17.5 Å². The molecule has 2 amide bonds. The van der Waals surface area contributed by atoms with Gasteiger partial charge in [0.25, 0.3) is 5.91 Å². The van der Waals surface area contributed by atoms with E-state index in [1.165, 1.54) is 5.01 Å². The highest BCUT2D eigenvalue weighted by molar-refractivity contribution is 6.40. The fourth-order valence-electron chi connectivity index (χ4n) is 2.77. The zero-order valence-corrected chi connectivity index (χ0v) is 14.9. The summed E-state index contributed by atoms with van der Waals surface area (Å²) >= 11 is 0. The number of nitrogens with zero attached hydrogens (tertiary/aromatic N) is 2. The van der Waals surface area contributed by atoms with Crippen molar-refractivity contribution in [1.29, 1.82) is 0 Å². The number of rotatable bonds is 8. The topological polar surface area (TPSA) is 97.0 Å². The van der Waals surface area contributed by atoms with E-state index in [1.807, 2.05) is 60.7 Å². The summed E-state index contributed by atoms with van der Waals surface area (Å²) in [7, 11) is 0. The molecule has 2 aromatic carbocycles. The average Bonchev–Trinajstić information content (AvgIpc) is 3.15. The molecular formula is C20H22N4O3. The summed E-state index contributed by atoms with van der Waals surface area (Å²) in [6.07, 6.45) is 0.853. The second kappa shape index (κ2) is 8.84. The number of primary amides is 1. The highest BCUT2D eigenvalue weighted by atomic mass is 16.5. The van der Waals surface area contributed by atoms with Crippen LogP contribution in [0.3, 0.4) is 0 Å². The molecule has 1 aliphatic heterocycles. The number of benzene rings is 2. The molecule has 1 unspecified atom stereocenters. The Morgan fingerprint density at radius 1 is 1.11 bits per heavy atom. The molecule has 1 heterocycles. The molecule has 1 atom stereocenters. The first-order chi connectivity index (χ1) is 13.1. The number of hydrogen-bond acceptors (Lipinski definition) is 5.